The molecule has 2 aliphatic heterocycles. The van der Waals surface area contributed by atoms with E-state index in [9.17, 15) is 18.0 Å². The number of carbonyl (C=O) groups excluding carboxylic acids is 2. The normalized spacial score (nSPS) is 16.1. The van der Waals surface area contributed by atoms with E-state index in [0.717, 1.165) is 5.56 Å². The van der Waals surface area contributed by atoms with Crippen molar-refractivity contribution in [1.82, 2.24) is 14.9 Å². The molecule has 4 rings (SSSR count). The standard InChI is InChI=1S/C24H27N3O6S/c1-2-23(28)26-19-10-13-27(14-11-19)34(30,31)20-6-4-18(5-7-20)24(29)25-12-9-17-3-8-21-22(15-17)33-16-32-21/h2-8,15,19H,1,9-14,16H2,(H,25,29)(H,26,28). The van der Waals surface area contributed by atoms with Crippen molar-refractivity contribution in [3.63, 3.8) is 0 Å². The van der Waals surface area contributed by atoms with Gasteiger partial charge in [-0.15, -0.1) is 0 Å². The summed E-state index contributed by atoms with van der Waals surface area (Å²) in [6, 6.07) is 11.5. The molecule has 2 aliphatic rings. The predicted molar refractivity (Wildman–Crippen MR) is 125 cm³/mol. The third kappa shape index (κ3) is 5.40. The lowest BCUT2D eigenvalue weighted by molar-refractivity contribution is -0.117. The molecule has 9 nitrogen and oxygen atoms in total. The lowest BCUT2D eigenvalue weighted by Gasteiger charge is -2.31. The van der Waals surface area contributed by atoms with Crippen molar-refractivity contribution in [2.75, 3.05) is 26.4 Å². The zero-order valence-corrected chi connectivity index (χ0v) is 19.5. The van der Waals surface area contributed by atoms with Gasteiger partial charge in [0.25, 0.3) is 5.91 Å². The number of piperidine rings is 1. The summed E-state index contributed by atoms with van der Waals surface area (Å²) in [6.07, 6.45) is 2.89. The molecule has 2 amide bonds. The van der Waals surface area contributed by atoms with E-state index in [0.29, 0.717) is 56.0 Å². The van der Waals surface area contributed by atoms with Crippen LogP contribution in [0.1, 0.15) is 28.8 Å². The summed E-state index contributed by atoms with van der Waals surface area (Å²) in [4.78, 5) is 24.1. The largest absolute Gasteiger partial charge is 0.454 e. The Kier molecular flexibility index (Phi) is 7.18. The van der Waals surface area contributed by atoms with Gasteiger partial charge in [-0.2, -0.15) is 4.31 Å². The molecule has 180 valence electrons. The number of nitrogens with zero attached hydrogens (tertiary/aromatic N) is 1. The minimum absolute atomic E-state index is 0.0688. The fraction of sp³-hybridized carbons (Fsp3) is 0.333. The van der Waals surface area contributed by atoms with Crippen LogP contribution in [-0.4, -0.2) is 57.0 Å². The van der Waals surface area contributed by atoms with Gasteiger partial charge in [0.2, 0.25) is 22.7 Å². The van der Waals surface area contributed by atoms with E-state index in [4.69, 9.17) is 9.47 Å². The Bertz CT molecular complexity index is 1170. The van der Waals surface area contributed by atoms with Gasteiger partial charge in [-0.25, -0.2) is 8.42 Å². The third-order valence-electron chi connectivity index (χ3n) is 5.88. The van der Waals surface area contributed by atoms with Gasteiger partial charge in [-0.05, 0) is 67.3 Å². The molecular formula is C24H27N3O6S. The SMILES string of the molecule is C=CC(=O)NC1CCN(S(=O)(=O)c2ccc(C(=O)NCCc3ccc4c(c3)OCO4)cc2)CC1. The van der Waals surface area contributed by atoms with Gasteiger partial charge in [-0.3, -0.25) is 9.59 Å². The number of amides is 2. The molecule has 0 aromatic heterocycles. The van der Waals surface area contributed by atoms with Crippen LogP contribution >= 0.6 is 0 Å². The Labute approximate surface area is 198 Å². The van der Waals surface area contributed by atoms with Gasteiger partial charge in [0.1, 0.15) is 0 Å². The molecule has 1 fully saturated rings. The van der Waals surface area contributed by atoms with Crippen LogP contribution in [0.15, 0.2) is 60.0 Å². The molecule has 0 unspecified atom stereocenters. The van der Waals surface area contributed by atoms with Crippen LogP contribution < -0.4 is 20.1 Å². The van der Waals surface area contributed by atoms with Crippen LogP contribution in [0.4, 0.5) is 0 Å². The molecule has 0 spiro atoms. The number of hydrogen-bond acceptors (Lipinski definition) is 6. The first kappa shape index (κ1) is 23.8. The summed E-state index contributed by atoms with van der Waals surface area (Å²) in [6.45, 7) is 4.69. The average Bonchev–Trinajstić information content (AvgIpc) is 3.32. The number of hydrogen-bond donors (Lipinski definition) is 2. The molecule has 2 aromatic carbocycles. The third-order valence-corrected chi connectivity index (χ3v) is 7.79. The number of fused-ring (bicyclic) bond motifs is 1. The predicted octanol–water partition coefficient (Wildman–Crippen LogP) is 1.84. The molecule has 0 radical (unpaired) electrons. The fourth-order valence-corrected chi connectivity index (χ4v) is 5.42. The second kappa shape index (κ2) is 10.3. The van der Waals surface area contributed by atoms with Crippen LogP contribution in [0.2, 0.25) is 0 Å². The van der Waals surface area contributed by atoms with Gasteiger partial charge in [0, 0.05) is 31.2 Å². The van der Waals surface area contributed by atoms with E-state index in [1.165, 1.54) is 34.6 Å². The molecule has 2 aromatic rings. The van der Waals surface area contributed by atoms with Crippen molar-refractivity contribution in [2.45, 2.75) is 30.2 Å². The molecule has 34 heavy (non-hydrogen) atoms. The van der Waals surface area contributed by atoms with Gasteiger partial charge < -0.3 is 20.1 Å². The highest BCUT2D eigenvalue weighted by atomic mass is 32.2. The summed E-state index contributed by atoms with van der Waals surface area (Å²) >= 11 is 0. The van der Waals surface area contributed by atoms with Gasteiger partial charge >= 0.3 is 0 Å². The summed E-state index contributed by atoms with van der Waals surface area (Å²) in [5.74, 6) is 0.882. The van der Waals surface area contributed by atoms with Crippen LogP contribution in [0.5, 0.6) is 11.5 Å². The summed E-state index contributed by atoms with van der Waals surface area (Å²) < 4.78 is 38.0. The highest BCUT2D eigenvalue weighted by Gasteiger charge is 2.29. The highest BCUT2D eigenvalue weighted by Crippen LogP contribution is 2.32. The van der Waals surface area contributed by atoms with Crippen LogP contribution in [0.3, 0.4) is 0 Å². The molecule has 10 heteroatoms. The van der Waals surface area contributed by atoms with Gasteiger partial charge in [-0.1, -0.05) is 12.6 Å². The van der Waals surface area contributed by atoms with E-state index in [2.05, 4.69) is 17.2 Å². The van der Waals surface area contributed by atoms with Crippen molar-refractivity contribution in [3.8, 4) is 11.5 Å². The lowest BCUT2D eigenvalue weighted by Crippen LogP contribution is -2.46. The molecular weight excluding hydrogens is 458 g/mol. The smallest absolute Gasteiger partial charge is 0.251 e. The maximum Gasteiger partial charge on any atom is 0.251 e. The topological polar surface area (TPSA) is 114 Å². The van der Waals surface area contributed by atoms with E-state index >= 15 is 0 Å². The Morgan fingerprint density at radius 2 is 1.76 bits per heavy atom. The van der Waals surface area contributed by atoms with Crippen LogP contribution in [0.25, 0.3) is 0 Å². The van der Waals surface area contributed by atoms with E-state index in [-0.39, 0.29) is 29.5 Å². The lowest BCUT2D eigenvalue weighted by atomic mass is 10.1. The summed E-state index contributed by atoms with van der Waals surface area (Å²) in [5.41, 5.74) is 1.40. The number of carbonyl (C=O) groups is 2. The zero-order valence-electron chi connectivity index (χ0n) is 18.7. The van der Waals surface area contributed by atoms with E-state index in [1.807, 2.05) is 18.2 Å². The molecule has 1 saturated heterocycles. The number of benzene rings is 2. The second-order valence-electron chi connectivity index (χ2n) is 8.11. The molecule has 2 heterocycles. The molecule has 2 N–H and O–H groups in total. The van der Waals surface area contributed by atoms with Crippen molar-refractivity contribution in [1.29, 1.82) is 0 Å². The first-order valence-electron chi connectivity index (χ1n) is 11.1. The monoisotopic (exact) mass is 485 g/mol. The van der Waals surface area contributed by atoms with Crippen LogP contribution in [-0.2, 0) is 21.2 Å². The number of nitrogens with one attached hydrogen (secondary N) is 2. The van der Waals surface area contributed by atoms with Crippen molar-refractivity contribution >= 4 is 21.8 Å². The van der Waals surface area contributed by atoms with Crippen molar-refractivity contribution < 1.29 is 27.5 Å². The Hall–Kier alpha value is -3.37. The minimum atomic E-state index is -3.67. The fourth-order valence-electron chi connectivity index (χ4n) is 3.95. The maximum atomic E-state index is 13.0. The Morgan fingerprint density at radius 1 is 1.06 bits per heavy atom. The van der Waals surface area contributed by atoms with Gasteiger partial charge in [0.15, 0.2) is 11.5 Å². The maximum absolute atomic E-state index is 13.0. The summed E-state index contributed by atoms with van der Waals surface area (Å²) in [7, 11) is -3.67. The van der Waals surface area contributed by atoms with Crippen molar-refractivity contribution in [2.24, 2.45) is 0 Å². The minimum Gasteiger partial charge on any atom is -0.454 e. The first-order valence-corrected chi connectivity index (χ1v) is 12.5. The van der Waals surface area contributed by atoms with Crippen LogP contribution in [0, 0.1) is 0 Å². The quantitative estimate of drug-likeness (QED) is 0.552. The Balaban J connectivity index is 1.29. The highest BCUT2D eigenvalue weighted by molar-refractivity contribution is 7.89. The average molecular weight is 486 g/mol. The zero-order chi connectivity index (χ0) is 24.1. The van der Waals surface area contributed by atoms with Crippen molar-refractivity contribution in [3.05, 3.63) is 66.2 Å². The molecule has 0 bridgehead atoms. The number of rotatable bonds is 8. The number of sulfonamides is 1. The molecule has 0 aliphatic carbocycles. The Morgan fingerprint density at radius 3 is 2.47 bits per heavy atom. The second-order valence-corrected chi connectivity index (χ2v) is 10.0. The molecule has 0 atom stereocenters. The summed E-state index contributed by atoms with van der Waals surface area (Å²) in [5, 5.41) is 5.65. The van der Waals surface area contributed by atoms with Gasteiger partial charge in [0.05, 0.1) is 4.90 Å². The first-order chi connectivity index (χ1) is 16.4. The van der Waals surface area contributed by atoms with E-state index in [1.54, 1.807) is 0 Å². The number of ether oxygens (including phenoxy) is 2. The molecule has 0 saturated carbocycles. The van der Waals surface area contributed by atoms with E-state index < -0.39 is 10.0 Å².